The van der Waals surface area contributed by atoms with Crippen LogP contribution in [0.2, 0.25) is 5.02 Å². The summed E-state index contributed by atoms with van der Waals surface area (Å²) in [5, 5.41) is 14.6. The Morgan fingerprint density at radius 1 is 1.06 bits per heavy atom. The van der Waals surface area contributed by atoms with Gasteiger partial charge < -0.3 is 14.4 Å². The molecule has 0 aliphatic heterocycles. The van der Waals surface area contributed by atoms with Gasteiger partial charge in [0, 0.05) is 23.3 Å². The molecule has 5 rings (SSSR count). The molecule has 7 nitrogen and oxygen atoms in total. The number of aliphatic hydroxyl groups is 1. The molecule has 2 aromatic heterocycles. The monoisotopic (exact) mass is 490 g/mol. The Bertz CT molecular complexity index is 1500. The summed E-state index contributed by atoms with van der Waals surface area (Å²) in [5.41, 5.74) is 3.36. The van der Waals surface area contributed by atoms with Crippen LogP contribution in [0, 0.1) is 5.82 Å². The van der Waals surface area contributed by atoms with E-state index in [4.69, 9.17) is 16.3 Å². The summed E-state index contributed by atoms with van der Waals surface area (Å²) in [5.74, 6) is -0.515. The van der Waals surface area contributed by atoms with E-state index < -0.39 is 5.97 Å². The minimum Gasteiger partial charge on any atom is -0.454 e. The predicted octanol–water partition coefficient (Wildman–Crippen LogP) is 5.03. The zero-order valence-corrected chi connectivity index (χ0v) is 19.2. The Morgan fingerprint density at radius 3 is 2.57 bits per heavy atom. The van der Waals surface area contributed by atoms with Gasteiger partial charge in [-0.2, -0.15) is 5.10 Å². The SMILES string of the molecule is O=C(OCc1nc2ccc(Cl)cc2n1CCO)c1cn(-c2ccccc2)nc1-c1ccc(F)cc1. The molecular weight excluding hydrogens is 471 g/mol. The van der Waals surface area contributed by atoms with Crippen molar-refractivity contribution in [2.45, 2.75) is 13.2 Å². The van der Waals surface area contributed by atoms with Crippen LogP contribution in [-0.2, 0) is 17.9 Å². The van der Waals surface area contributed by atoms with Crippen LogP contribution in [0.15, 0.2) is 79.0 Å². The molecule has 0 radical (unpaired) electrons. The molecule has 2 heterocycles. The molecule has 0 spiro atoms. The Kier molecular flexibility index (Phi) is 6.31. The number of aromatic nitrogens is 4. The smallest absolute Gasteiger partial charge is 0.342 e. The van der Waals surface area contributed by atoms with Crippen molar-refractivity contribution in [1.29, 1.82) is 0 Å². The molecule has 0 amide bonds. The molecule has 0 atom stereocenters. The van der Waals surface area contributed by atoms with Gasteiger partial charge in [0.15, 0.2) is 0 Å². The van der Waals surface area contributed by atoms with Gasteiger partial charge in [0.05, 0.1) is 23.3 Å². The molecule has 0 bridgehead atoms. The average Bonchev–Trinajstić information content (AvgIpc) is 3.46. The van der Waals surface area contributed by atoms with Crippen molar-refractivity contribution >= 4 is 28.6 Å². The second kappa shape index (κ2) is 9.69. The summed E-state index contributed by atoms with van der Waals surface area (Å²) in [4.78, 5) is 17.7. The van der Waals surface area contributed by atoms with Gasteiger partial charge in [-0.05, 0) is 54.6 Å². The molecule has 0 saturated heterocycles. The summed E-state index contributed by atoms with van der Waals surface area (Å²) in [6, 6.07) is 20.3. The van der Waals surface area contributed by atoms with E-state index in [0.717, 1.165) is 11.2 Å². The molecule has 1 N–H and O–H groups in total. The van der Waals surface area contributed by atoms with E-state index in [2.05, 4.69) is 10.1 Å². The Labute approximate surface area is 205 Å². The first-order valence-corrected chi connectivity index (χ1v) is 11.2. The number of imidazole rings is 1. The average molecular weight is 491 g/mol. The van der Waals surface area contributed by atoms with Crippen LogP contribution in [0.5, 0.6) is 0 Å². The third kappa shape index (κ3) is 4.66. The lowest BCUT2D eigenvalue weighted by Gasteiger charge is -2.08. The Hall–Kier alpha value is -4.01. The lowest BCUT2D eigenvalue weighted by Crippen LogP contribution is -2.12. The van der Waals surface area contributed by atoms with Gasteiger partial charge in [-0.1, -0.05) is 29.8 Å². The van der Waals surface area contributed by atoms with Crippen LogP contribution in [0.4, 0.5) is 4.39 Å². The molecule has 0 fully saturated rings. The summed E-state index contributed by atoms with van der Waals surface area (Å²) in [6.45, 7) is 0.0402. The lowest BCUT2D eigenvalue weighted by atomic mass is 10.1. The number of hydrogen-bond donors (Lipinski definition) is 1. The van der Waals surface area contributed by atoms with E-state index in [0.29, 0.717) is 27.6 Å². The normalized spacial score (nSPS) is 11.2. The topological polar surface area (TPSA) is 82.2 Å². The number of hydrogen-bond acceptors (Lipinski definition) is 5. The Balaban J connectivity index is 1.48. The first kappa shape index (κ1) is 22.8. The number of rotatable bonds is 7. The van der Waals surface area contributed by atoms with E-state index in [9.17, 15) is 14.3 Å². The number of nitrogens with zero attached hydrogens (tertiary/aromatic N) is 4. The standard InChI is InChI=1S/C26H20ClFN4O3/c27-18-8-11-22-23(14-18)31(12-13-33)24(29-22)16-35-26(34)21-15-32(20-4-2-1-3-5-20)30-25(21)17-6-9-19(28)10-7-17/h1-11,14-15,33H,12-13,16H2. The number of benzene rings is 3. The van der Waals surface area contributed by atoms with Gasteiger partial charge in [-0.15, -0.1) is 0 Å². The molecule has 0 saturated carbocycles. The third-order valence-electron chi connectivity index (χ3n) is 5.52. The maximum Gasteiger partial charge on any atom is 0.342 e. The highest BCUT2D eigenvalue weighted by molar-refractivity contribution is 6.31. The number of halogens is 2. The number of ether oxygens (including phenoxy) is 1. The second-order valence-electron chi connectivity index (χ2n) is 7.79. The largest absolute Gasteiger partial charge is 0.454 e. The van der Waals surface area contributed by atoms with Crippen molar-refractivity contribution in [2.75, 3.05) is 6.61 Å². The number of carbonyl (C=O) groups excluding carboxylic acids is 1. The fourth-order valence-corrected chi connectivity index (χ4v) is 4.04. The zero-order chi connectivity index (χ0) is 24.4. The highest BCUT2D eigenvalue weighted by Crippen LogP contribution is 2.26. The fraction of sp³-hybridized carbons (Fsp3) is 0.115. The minimum absolute atomic E-state index is 0.114. The van der Waals surface area contributed by atoms with E-state index in [1.165, 1.54) is 12.1 Å². The van der Waals surface area contributed by atoms with Crippen molar-refractivity contribution in [1.82, 2.24) is 19.3 Å². The number of para-hydroxylation sites is 1. The highest BCUT2D eigenvalue weighted by atomic mass is 35.5. The van der Waals surface area contributed by atoms with Crippen molar-refractivity contribution in [3.8, 4) is 16.9 Å². The molecule has 176 valence electrons. The molecule has 35 heavy (non-hydrogen) atoms. The van der Waals surface area contributed by atoms with Crippen LogP contribution in [0.25, 0.3) is 28.0 Å². The van der Waals surface area contributed by atoms with E-state index in [1.54, 1.807) is 45.8 Å². The van der Waals surface area contributed by atoms with E-state index in [1.807, 2.05) is 30.3 Å². The summed E-state index contributed by atoms with van der Waals surface area (Å²) < 4.78 is 22.5. The molecule has 3 aromatic carbocycles. The predicted molar refractivity (Wildman–Crippen MR) is 130 cm³/mol. The highest BCUT2D eigenvalue weighted by Gasteiger charge is 2.21. The van der Waals surface area contributed by atoms with E-state index in [-0.39, 0.29) is 31.1 Å². The quantitative estimate of drug-likeness (QED) is 0.323. The van der Waals surface area contributed by atoms with Crippen molar-refractivity contribution in [3.63, 3.8) is 0 Å². The van der Waals surface area contributed by atoms with Gasteiger partial charge in [0.2, 0.25) is 0 Å². The molecule has 0 aliphatic rings. The van der Waals surface area contributed by atoms with Crippen molar-refractivity contribution in [3.05, 3.63) is 101 Å². The molecular formula is C26H20ClFN4O3. The van der Waals surface area contributed by atoms with Crippen LogP contribution >= 0.6 is 11.6 Å². The summed E-state index contributed by atoms with van der Waals surface area (Å²) in [6.07, 6.45) is 1.59. The number of esters is 1. The summed E-state index contributed by atoms with van der Waals surface area (Å²) in [7, 11) is 0. The van der Waals surface area contributed by atoms with Gasteiger partial charge in [-0.3, -0.25) is 0 Å². The fourth-order valence-electron chi connectivity index (χ4n) is 3.87. The van der Waals surface area contributed by atoms with Crippen LogP contribution in [0.1, 0.15) is 16.2 Å². The molecule has 9 heteroatoms. The molecule has 0 aliphatic carbocycles. The van der Waals surface area contributed by atoms with Crippen molar-refractivity contribution < 1.29 is 19.0 Å². The van der Waals surface area contributed by atoms with Gasteiger partial charge in [0.1, 0.15) is 29.5 Å². The molecule has 5 aromatic rings. The van der Waals surface area contributed by atoms with Gasteiger partial charge in [0.25, 0.3) is 0 Å². The maximum atomic E-state index is 13.5. The van der Waals surface area contributed by atoms with Crippen LogP contribution in [0.3, 0.4) is 0 Å². The third-order valence-corrected chi connectivity index (χ3v) is 5.75. The van der Waals surface area contributed by atoms with Crippen LogP contribution < -0.4 is 0 Å². The van der Waals surface area contributed by atoms with Crippen LogP contribution in [-0.4, -0.2) is 37.0 Å². The van der Waals surface area contributed by atoms with Gasteiger partial charge in [-0.25, -0.2) is 18.9 Å². The van der Waals surface area contributed by atoms with Crippen molar-refractivity contribution in [2.24, 2.45) is 0 Å². The maximum absolute atomic E-state index is 13.5. The lowest BCUT2D eigenvalue weighted by molar-refractivity contribution is 0.0458. The number of aliphatic hydroxyl groups excluding tert-OH is 1. The number of carbonyl (C=O) groups is 1. The zero-order valence-electron chi connectivity index (χ0n) is 18.4. The van der Waals surface area contributed by atoms with E-state index >= 15 is 0 Å². The second-order valence-corrected chi connectivity index (χ2v) is 8.23. The van der Waals surface area contributed by atoms with Gasteiger partial charge >= 0.3 is 5.97 Å². The molecule has 0 unspecified atom stereocenters. The first-order chi connectivity index (χ1) is 17.0. The minimum atomic E-state index is -0.604. The number of fused-ring (bicyclic) bond motifs is 1. The summed E-state index contributed by atoms with van der Waals surface area (Å²) >= 11 is 6.12. The Morgan fingerprint density at radius 2 is 1.83 bits per heavy atom. The first-order valence-electron chi connectivity index (χ1n) is 10.9.